The highest BCUT2D eigenvalue weighted by Gasteiger charge is 2.17. The molecule has 0 saturated carbocycles. The van der Waals surface area contributed by atoms with E-state index in [1.165, 1.54) is 24.4 Å². The van der Waals surface area contributed by atoms with Crippen LogP contribution < -0.4 is 10.5 Å². The zero-order chi connectivity index (χ0) is 14.9. The molecule has 1 heterocycles. The molecule has 106 valence electrons. The summed E-state index contributed by atoms with van der Waals surface area (Å²) in [5, 5.41) is 1.65. The molecule has 0 aliphatic heterocycles. The van der Waals surface area contributed by atoms with E-state index in [0.717, 1.165) is 16.9 Å². The normalized spacial score (nSPS) is 11.3. The Bertz CT molecular complexity index is 766. The molecule has 20 heavy (non-hydrogen) atoms. The summed E-state index contributed by atoms with van der Waals surface area (Å²) in [4.78, 5) is 15.1. The lowest BCUT2D eigenvalue weighted by Crippen LogP contribution is -2.13. The van der Waals surface area contributed by atoms with Crippen LogP contribution in [0.3, 0.4) is 0 Å². The number of Topliss-reactive ketones (excluding diaryl/α,β-unsaturated/α-hetero) is 1. The van der Waals surface area contributed by atoms with Gasteiger partial charge >= 0.3 is 0 Å². The third-order valence-electron chi connectivity index (χ3n) is 2.65. The van der Waals surface area contributed by atoms with Crippen molar-refractivity contribution in [3.8, 4) is 0 Å². The largest absolute Gasteiger partial charge is 0.398 e. The Morgan fingerprint density at radius 2 is 2.10 bits per heavy atom. The summed E-state index contributed by atoms with van der Waals surface area (Å²) in [6.45, 7) is 3.16. The number of nitrogens with two attached hydrogens (primary N) is 1. The molecule has 0 atom stereocenters. The number of nitrogens with zero attached hydrogens (tertiary/aromatic N) is 1. The fraction of sp³-hybridized carbons (Fsp3) is 0.167. The minimum Gasteiger partial charge on any atom is -0.398 e. The van der Waals surface area contributed by atoms with E-state index in [-0.39, 0.29) is 21.5 Å². The first kappa shape index (κ1) is 14.5. The van der Waals surface area contributed by atoms with Gasteiger partial charge in [-0.15, -0.1) is 11.3 Å². The van der Waals surface area contributed by atoms with E-state index in [1.54, 1.807) is 13.0 Å². The number of anilines is 2. The van der Waals surface area contributed by atoms with Crippen molar-refractivity contribution in [1.82, 2.24) is 4.98 Å². The fourth-order valence-electron chi connectivity index (χ4n) is 1.44. The van der Waals surface area contributed by atoms with Gasteiger partial charge in [-0.3, -0.25) is 9.52 Å². The summed E-state index contributed by atoms with van der Waals surface area (Å²) in [5.74, 6) is -0.216. The number of hydrogen-bond acceptors (Lipinski definition) is 6. The molecule has 3 N–H and O–H groups in total. The van der Waals surface area contributed by atoms with Gasteiger partial charge in [0.25, 0.3) is 10.0 Å². The highest BCUT2D eigenvalue weighted by Crippen LogP contribution is 2.22. The highest BCUT2D eigenvalue weighted by atomic mass is 32.2. The van der Waals surface area contributed by atoms with Crippen molar-refractivity contribution in [2.75, 3.05) is 10.5 Å². The van der Waals surface area contributed by atoms with E-state index in [4.69, 9.17) is 5.73 Å². The van der Waals surface area contributed by atoms with Crippen molar-refractivity contribution >= 4 is 38.0 Å². The lowest BCUT2D eigenvalue weighted by molar-refractivity contribution is 0.101. The topological polar surface area (TPSA) is 102 Å². The van der Waals surface area contributed by atoms with Crippen molar-refractivity contribution in [3.63, 3.8) is 0 Å². The molecular formula is C12H13N3O3S2. The number of benzene rings is 1. The van der Waals surface area contributed by atoms with Crippen molar-refractivity contribution in [3.05, 3.63) is 34.8 Å². The van der Waals surface area contributed by atoms with Crippen LogP contribution in [0.1, 0.15) is 23.0 Å². The van der Waals surface area contributed by atoms with Gasteiger partial charge in [-0.25, -0.2) is 13.4 Å². The number of nitrogens with one attached hydrogen (secondary N) is 1. The Hall–Kier alpha value is -1.93. The maximum atomic E-state index is 12.2. The predicted molar refractivity (Wildman–Crippen MR) is 78.5 cm³/mol. The summed E-state index contributed by atoms with van der Waals surface area (Å²) in [5.41, 5.74) is 7.14. The third kappa shape index (κ3) is 2.97. The van der Waals surface area contributed by atoms with Crippen LogP contribution in [-0.4, -0.2) is 19.2 Å². The van der Waals surface area contributed by atoms with E-state index in [1.807, 2.05) is 0 Å². The van der Waals surface area contributed by atoms with Gasteiger partial charge in [-0.2, -0.15) is 0 Å². The van der Waals surface area contributed by atoms with Crippen molar-refractivity contribution in [2.45, 2.75) is 18.7 Å². The molecule has 0 spiro atoms. The van der Waals surface area contributed by atoms with E-state index in [2.05, 4.69) is 9.71 Å². The number of nitrogen functional groups attached to an aromatic ring is 1. The highest BCUT2D eigenvalue weighted by molar-refractivity contribution is 7.93. The first-order valence-electron chi connectivity index (χ1n) is 5.65. The summed E-state index contributed by atoms with van der Waals surface area (Å²) < 4.78 is 26.6. The van der Waals surface area contributed by atoms with E-state index < -0.39 is 10.0 Å². The number of ketones is 1. The molecule has 1 aromatic carbocycles. The van der Waals surface area contributed by atoms with Crippen LogP contribution in [0.25, 0.3) is 0 Å². The number of thiazole rings is 1. The molecule has 0 aliphatic carbocycles. The lowest BCUT2D eigenvalue weighted by Gasteiger charge is -2.07. The monoisotopic (exact) mass is 311 g/mol. The molecule has 0 unspecified atom stereocenters. The van der Waals surface area contributed by atoms with Gasteiger partial charge < -0.3 is 5.73 Å². The molecule has 2 aromatic rings. The zero-order valence-electron chi connectivity index (χ0n) is 10.9. The van der Waals surface area contributed by atoms with Crippen molar-refractivity contribution in [2.24, 2.45) is 0 Å². The molecule has 0 amide bonds. The Labute approximate surface area is 120 Å². The predicted octanol–water partition coefficient (Wildman–Crippen LogP) is 2.04. The summed E-state index contributed by atoms with van der Waals surface area (Å²) in [6, 6.07) is 4.48. The van der Waals surface area contributed by atoms with Crippen LogP contribution in [0.2, 0.25) is 0 Å². The second kappa shape index (κ2) is 5.22. The number of sulfonamides is 1. The fourth-order valence-corrected chi connectivity index (χ4v) is 3.48. The van der Waals surface area contributed by atoms with Gasteiger partial charge in [0.2, 0.25) is 0 Å². The molecule has 0 fully saturated rings. The molecule has 0 aliphatic rings. The summed E-state index contributed by atoms with van der Waals surface area (Å²) in [7, 11) is -3.76. The number of aromatic nitrogens is 1. The average Bonchev–Trinajstić information content (AvgIpc) is 2.80. The van der Waals surface area contributed by atoms with E-state index in [0.29, 0.717) is 5.69 Å². The van der Waals surface area contributed by atoms with Gasteiger partial charge in [-0.05, 0) is 24.6 Å². The number of carbonyl (C=O) groups is 1. The standard InChI is InChI=1S/C12H13N3O3S2/c1-7-3-4-9(5-10(7)13)20(17,18)15-12-14-11(6-19-12)8(2)16/h3-6H,13H2,1-2H3,(H,14,15). The Morgan fingerprint density at radius 3 is 2.65 bits per heavy atom. The number of rotatable bonds is 4. The van der Waals surface area contributed by atoms with Crippen LogP contribution in [0.4, 0.5) is 10.8 Å². The van der Waals surface area contributed by atoms with Crippen LogP contribution in [0, 0.1) is 6.92 Å². The molecule has 2 rings (SSSR count). The average molecular weight is 311 g/mol. The van der Waals surface area contributed by atoms with Crippen LogP contribution in [0.15, 0.2) is 28.5 Å². The second-order valence-electron chi connectivity index (χ2n) is 4.22. The van der Waals surface area contributed by atoms with E-state index >= 15 is 0 Å². The maximum absolute atomic E-state index is 12.2. The maximum Gasteiger partial charge on any atom is 0.263 e. The first-order chi connectivity index (χ1) is 9.29. The molecule has 8 heteroatoms. The summed E-state index contributed by atoms with van der Waals surface area (Å²) in [6.07, 6.45) is 0. The molecular weight excluding hydrogens is 298 g/mol. The minimum absolute atomic E-state index is 0.0557. The second-order valence-corrected chi connectivity index (χ2v) is 6.76. The Morgan fingerprint density at radius 1 is 1.40 bits per heavy atom. The Kier molecular flexibility index (Phi) is 3.78. The lowest BCUT2D eigenvalue weighted by atomic mass is 10.2. The quantitative estimate of drug-likeness (QED) is 0.664. The van der Waals surface area contributed by atoms with Crippen LogP contribution in [-0.2, 0) is 10.0 Å². The van der Waals surface area contributed by atoms with Gasteiger partial charge in [0.15, 0.2) is 10.9 Å². The smallest absolute Gasteiger partial charge is 0.263 e. The molecule has 0 radical (unpaired) electrons. The van der Waals surface area contributed by atoms with E-state index in [9.17, 15) is 13.2 Å². The number of carbonyl (C=O) groups excluding carboxylic acids is 1. The first-order valence-corrected chi connectivity index (χ1v) is 8.01. The van der Waals surface area contributed by atoms with Crippen LogP contribution in [0.5, 0.6) is 0 Å². The molecule has 0 saturated heterocycles. The third-order valence-corrected chi connectivity index (χ3v) is 4.87. The van der Waals surface area contributed by atoms with Gasteiger partial charge in [0, 0.05) is 18.0 Å². The van der Waals surface area contributed by atoms with Gasteiger partial charge in [0.1, 0.15) is 5.69 Å². The minimum atomic E-state index is -3.76. The van der Waals surface area contributed by atoms with Gasteiger partial charge in [-0.1, -0.05) is 6.07 Å². The van der Waals surface area contributed by atoms with Gasteiger partial charge in [0.05, 0.1) is 4.90 Å². The SMILES string of the molecule is CC(=O)c1csc(NS(=O)(=O)c2ccc(C)c(N)c2)n1. The Balaban J connectivity index is 2.30. The van der Waals surface area contributed by atoms with Crippen molar-refractivity contribution in [1.29, 1.82) is 0 Å². The molecule has 0 bridgehead atoms. The zero-order valence-corrected chi connectivity index (χ0v) is 12.5. The molecule has 1 aromatic heterocycles. The number of aryl methyl sites for hydroxylation is 1. The summed E-state index contributed by atoms with van der Waals surface area (Å²) >= 11 is 1.05. The van der Waals surface area contributed by atoms with Crippen LogP contribution >= 0.6 is 11.3 Å². The van der Waals surface area contributed by atoms with Crippen molar-refractivity contribution < 1.29 is 13.2 Å². The number of hydrogen-bond donors (Lipinski definition) is 2. The molecule has 6 nitrogen and oxygen atoms in total.